The monoisotopic (exact) mass is 571 g/mol. The summed E-state index contributed by atoms with van der Waals surface area (Å²) in [4.78, 5) is 2.38. The van der Waals surface area contributed by atoms with E-state index in [1.54, 1.807) is 0 Å². The van der Waals surface area contributed by atoms with Crippen LogP contribution >= 0.6 is 0 Å². The third-order valence-corrected chi connectivity index (χ3v) is 0.636. The van der Waals surface area contributed by atoms with Gasteiger partial charge in [0.2, 0.25) is 0 Å². The Morgan fingerprint density at radius 3 is 1.80 bits per heavy atom. The van der Waals surface area contributed by atoms with Gasteiger partial charge in [0.05, 0.1) is 19.3 Å². The van der Waals surface area contributed by atoms with Gasteiger partial charge in [0, 0.05) is 93.0 Å². The van der Waals surface area contributed by atoms with Crippen LogP contribution in [-0.2, 0) is 0 Å². The first kappa shape index (κ1) is 18.0. The van der Waals surface area contributed by atoms with E-state index in [2.05, 4.69) is 10.0 Å². The van der Waals surface area contributed by atoms with Gasteiger partial charge in [-0.05, 0) is 5.53 Å². The molecule has 0 rings (SSSR count). The standard InChI is InChI=1S/C3H7N3O2.2Ac/c4-6-5-3(1-7)2-8;;/h3,7-8H,1-2H2;;. The van der Waals surface area contributed by atoms with Crippen LogP contribution in [0.5, 0.6) is 0 Å². The van der Waals surface area contributed by atoms with E-state index in [1.807, 2.05) is 0 Å². The molecule has 0 saturated carbocycles. The Balaban J connectivity index is -0.000000245. The predicted octanol–water partition coefficient (Wildman–Crippen LogP) is -0.350. The average molecular weight is 571 g/mol. The Labute approximate surface area is 130 Å². The summed E-state index contributed by atoms with van der Waals surface area (Å²) < 4.78 is 0. The quantitative estimate of drug-likeness (QED) is 0.276. The molecule has 0 aliphatic rings. The second kappa shape index (κ2) is 13.7. The smallest absolute Gasteiger partial charge is 0.0836 e. The number of aliphatic hydroxyl groups is 2. The fourth-order valence-corrected chi connectivity index (χ4v) is 0.204. The minimum atomic E-state index is -0.681. The summed E-state index contributed by atoms with van der Waals surface area (Å²) in [5.41, 5.74) is 7.74. The van der Waals surface area contributed by atoms with E-state index >= 15 is 0 Å². The zero-order valence-electron chi connectivity index (χ0n) is 5.38. The van der Waals surface area contributed by atoms with Crippen molar-refractivity contribution in [1.82, 2.24) is 0 Å². The maximum atomic E-state index is 8.23. The fourth-order valence-electron chi connectivity index (χ4n) is 0.204. The van der Waals surface area contributed by atoms with Gasteiger partial charge in [-0.1, -0.05) is 5.11 Å². The SMILES string of the molecule is [Ac].[Ac].[N-]=[N+]=NC(CO)CO. The van der Waals surface area contributed by atoms with Crippen LogP contribution in [0.3, 0.4) is 0 Å². The first-order valence-electron chi connectivity index (χ1n) is 2.11. The van der Waals surface area contributed by atoms with Gasteiger partial charge in [-0.3, -0.25) is 0 Å². The number of aliphatic hydroxyl groups excluding tert-OH is 2. The van der Waals surface area contributed by atoms with Crippen molar-refractivity contribution < 1.29 is 98.3 Å². The van der Waals surface area contributed by atoms with Crippen LogP contribution in [0.2, 0.25) is 0 Å². The minimum Gasteiger partial charge on any atom is -0.396 e. The molecule has 0 aliphatic carbocycles. The second-order valence-electron chi connectivity index (χ2n) is 1.22. The molecule has 0 aromatic heterocycles. The van der Waals surface area contributed by atoms with E-state index in [0.29, 0.717) is 0 Å². The van der Waals surface area contributed by atoms with E-state index < -0.39 is 6.04 Å². The molecule has 0 aromatic carbocycles. The Hall–Kier alpha value is 2.11. The van der Waals surface area contributed by atoms with E-state index in [-0.39, 0.29) is 101 Å². The number of rotatable bonds is 3. The first-order valence-corrected chi connectivity index (χ1v) is 2.11. The maximum Gasteiger partial charge on any atom is 0.0836 e. The maximum absolute atomic E-state index is 8.23. The molecule has 5 nitrogen and oxygen atoms in total. The van der Waals surface area contributed by atoms with Crippen molar-refractivity contribution in [2.45, 2.75) is 6.04 Å². The molecule has 0 saturated heterocycles. The van der Waals surface area contributed by atoms with Crippen LogP contribution in [0.4, 0.5) is 0 Å². The largest absolute Gasteiger partial charge is 0.396 e. The third-order valence-electron chi connectivity index (χ3n) is 0.636. The van der Waals surface area contributed by atoms with Gasteiger partial charge in [-0.2, -0.15) is 0 Å². The van der Waals surface area contributed by atoms with Crippen LogP contribution in [0, 0.1) is 88.1 Å². The van der Waals surface area contributed by atoms with Gasteiger partial charge in [0.15, 0.2) is 0 Å². The van der Waals surface area contributed by atoms with Crippen molar-refractivity contribution in [3.05, 3.63) is 10.4 Å². The number of hydrogen-bond donors (Lipinski definition) is 2. The van der Waals surface area contributed by atoms with Gasteiger partial charge in [-0.15, -0.1) is 0 Å². The van der Waals surface area contributed by atoms with Crippen molar-refractivity contribution in [2.24, 2.45) is 5.11 Å². The zero-order valence-corrected chi connectivity index (χ0v) is 14.9. The average Bonchev–Trinajstić information content (AvgIpc) is 1.83. The number of hydrogen-bond acceptors (Lipinski definition) is 3. The normalized spacial score (nSPS) is 7.10. The van der Waals surface area contributed by atoms with Gasteiger partial charge in [0.25, 0.3) is 0 Å². The Bertz CT molecular complexity index is 102. The molecule has 0 aliphatic heterocycles. The van der Waals surface area contributed by atoms with Crippen LogP contribution in [-0.4, -0.2) is 29.5 Å². The third kappa shape index (κ3) is 10.1. The van der Waals surface area contributed by atoms with Gasteiger partial charge < -0.3 is 10.2 Å². The zero-order chi connectivity index (χ0) is 6.41. The molecule has 52 valence electrons. The Morgan fingerprint density at radius 1 is 1.30 bits per heavy atom. The van der Waals surface area contributed by atoms with Crippen molar-refractivity contribution >= 4 is 0 Å². The molecule has 10 heavy (non-hydrogen) atoms. The summed E-state index contributed by atoms with van der Waals surface area (Å²) in [5, 5.41) is 19.5. The summed E-state index contributed by atoms with van der Waals surface area (Å²) in [5.74, 6) is 0. The molecule has 0 amide bonds. The van der Waals surface area contributed by atoms with Crippen LogP contribution in [0.25, 0.3) is 10.4 Å². The predicted molar refractivity (Wildman–Crippen MR) is 27.1 cm³/mol. The molecule has 0 spiro atoms. The second-order valence-corrected chi connectivity index (χ2v) is 1.22. The van der Waals surface area contributed by atoms with Crippen molar-refractivity contribution in [3.63, 3.8) is 0 Å². The minimum absolute atomic E-state index is 0. The van der Waals surface area contributed by atoms with E-state index in [4.69, 9.17) is 15.7 Å². The van der Waals surface area contributed by atoms with Crippen molar-refractivity contribution in [3.8, 4) is 0 Å². The summed E-state index contributed by atoms with van der Waals surface area (Å²) in [6.07, 6.45) is 0. The van der Waals surface area contributed by atoms with Crippen molar-refractivity contribution in [2.75, 3.05) is 13.2 Å². The van der Waals surface area contributed by atoms with Crippen molar-refractivity contribution in [1.29, 1.82) is 0 Å². The number of nitrogens with zero attached hydrogens (tertiary/aromatic N) is 3. The summed E-state index contributed by atoms with van der Waals surface area (Å²) in [7, 11) is 0. The Kier molecular flexibility index (Phi) is 24.7. The Morgan fingerprint density at radius 2 is 1.70 bits per heavy atom. The number of azide groups is 1. The molecular formula is C3H7Ac2N3O2. The van der Waals surface area contributed by atoms with Gasteiger partial charge in [0.1, 0.15) is 0 Å². The summed E-state index contributed by atoms with van der Waals surface area (Å²) in [6.45, 7) is -0.610. The summed E-state index contributed by atoms with van der Waals surface area (Å²) in [6, 6.07) is -0.681. The molecule has 2 N–H and O–H groups in total. The van der Waals surface area contributed by atoms with Crippen LogP contribution in [0.15, 0.2) is 5.11 Å². The van der Waals surface area contributed by atoms with Gasteiger partial charge >= 0.3 is 0 Å². The molecule has 0 heterocycles. The molecule has 7 heteroatoms. The molecule has 0 unspecified atom stereocenters. The van der Waals surface area contributed by atoms with Crippen LogP contribution < -0.4 is 0 Å². The van der Waals surface area contributed by atoms with E-state index in [1.165, 1.54) is 0 Å². The van der Waals surface area contributed by atoms with Gasteiger partial charge in [-0.25, -0.2) is 0 Å². The molecule has 0 fully saturated rings. The fraction of sp³-hybridized carbons (Fsp3) is 1.00. The van der Waals surface area contributed by atoms with E-state index in [9.17, 15) is 0 Å². The molecule has 0 aromatic rings. The first-order chi connectivity index (χ1) is 3.85. The summed E-state index contributed by atoms with van der Waals surface area (Å²) >= 11 is 0. The topological polar surface area (TPSA) is 89.2 Å². The molecule has 0 atom stereocenters. The molecular weight excluding hydrogens is 564 g/mol. The molecule has 2 radical (unpaired) electrons. The van der Waals surface area contributed by atoms with E-state index in [0.717, 1.165) is 0 Å². The molecule has 0 bridgehead atoms. The van der Waals surface area contributed by atoms with Crippen LogP contribution in [0.1, 0.15) is 0 Å².